The van der Waals surface area contributed by atoms with E-state index in [-0.39, 0.29) is 0 Å². The van der Waals surface area contributed by atoms with Crippen molar-refractivity contribution in [2.75, 3.05) is 11.9 Å². The van der Waals surface area contributed by atoms with E-state index in [0.29, 0.717) is 12.0 Å². The molecule has 1 aliphatic rings. The van der Waals surface area contributed by atoms with E-state index in [9.17, 15) is 0 Å². The van der Waals surface area contributed by atoms with Crippen LogP contribution in [0.2, 0.25) is 0 Å². The summed E-state index contributed by atoms with van der Waals surface area (Å²) in [5.74, 6) is 1.48. The minimum atomic E-state index is 0.675. The Morgan fingerprint density at radius 2 is 2.00 bits per heavy atom. The van der Waals surface area contributed by atoms with Crippen molar-refractivity contribution in [3.05, 3.63) is 24.0 Å². The highest BCUT2D eigenvalue weighted by Crippen LogP contribution is 2.30. The van der Waals surface area contributed by atoms with Gasteiger partial charge in [0.25, 0.3) is 0 Å². The van der Waals surface area contributed by atoms with Crippen LogP contribution in [-0.2, 0) is 6.42 Å². The van der Waals surface area contributed by atoms with Crippen LogP contribution in [0.5, 0.6) is 0 Å². The molecule has 106 valence electrons. The van der Waals surface area contributed by atoms with Crippen LogP contribution < -0.4 is 4.90 Å². The Bertz CT molecular complexity index is 383. The summed E-state index contributed by atoms with van der Waals surface area (Å²) < 4.78 is 0. The van der Waals surface area contributed by atoms with Gasteiger partial charge in [0.1, 0.15) is 0 Å². The lowest BCUT2D eigenvalue weighted by molar-refractivity contribution is 0.321. The Morgan fingerprint density at radius 1 is 1.26 bits per heavy atom. The molecule has 0 unspecified atom stereocenters. The molecular weight excluding hydrogens is 232 g/mol. The summed E-state index contributed by atoms with van der Waals surface area (Å²) in [5, 5.41) is 0. The molecule has 1 fully saturated rings. The minimum Gasteiger partial charge on any atom is -0.370 e. The molecule has 0 spiro atoms. The molecule has 0 saturated heterocycles. The summed E-state index contributed by atoms with van der Waals surface area (Å²) in [7, 11) is 2.23. The standard InChI is InChI=1S/C17H28N2/c1-13(2)11-15-9-10-16(12-18-15)19(4)17-8-6-5-7-14(17)3/h9-10,12-14,17H,5-8,11H2,1-4H3/t14-,17-/m0/s1. The zero-order valence-electron chi connectivity index (χ0n) is 12.9. The summed E-state index contributed by atoms with van der Waals surface area (Å²) >= 11 is 0. The van der Waals surface area contributed by atoms with Crippen LogP contribution in [0.1, 0.15) is 52.1 Å². The SMILES string of the molecule is CC(C)Cc1ccc(N(C)[C@H]2CCCC[C@@H]2C)cn1. The van der Waals surface area contributed by atoms with Gasteiger partial charge in [-0.05, 0) is 43.2 Å². The maximum absolute atomic E-state index is 4.62. The molecule has 1 saturated carbocycles. The quantitative estimate of drug-likeness (QED) is 0.802. The lowest BCUT2D eigenvalue weighted by atomic mass is 9.85. The summed E-state index contributed by atoms with van der Waals surface area (Å²) in [5.41, 5.74) is 2.48. The van der Waals surface area contributed by atoms with Crippen molar-refractivity contribution in [1.29, 1.82) is 0 Å². The smallest absolute Gasteiger partial charge is 0.0552 e. The zero-order valence-corrected chi connectivity index (χ0v) is 12.9. The highest BCUT2D eigenvalue weighted by Gasteiger charge is 2.25. The summed E-state index contributed by atoms with van der Waals surface area (Å²) in [6, 6.07) is 5.12. The van der Waals surface area contributed by atoms with Crippen LogP contribution in [0.15, 0.2) is 18.3 Å². The molecule has 2 rings (SSSR count). The molecule has 0 aliphatic heterocycles. The van der Waals surface area contributed by atoms with E-state index in [2.05, 4.69) is 56.0 Å². The van der Waals surface area contributed by atoms with Gasteiger partial charge in [0.15, 0.2) is 0 Å². The minimum absolute atomic E-state index is 0.675. The van der Waals surface area contributed by atoms with Crippen molar-refractivity contribution >= 4 is 5.69 Å². The van der Waals surface area contributed by atoms with Crippen LogP contribution in [-0.4, -0.2) is 18.1 Å². The van der Waals surface area contributed by atoms with Crippen LogP contribution >= 0.6 is 0 Å². The summed E-state index contributed by atoms with van der Waals surface area (Å²) in [4.78, 5) is 7.06. The van der Waals surface area contributed by atoms with Gasteiger partial charge in [0, 0.05) is 18.8 Å². The average molecular weight is 260 g/mol. The van der Waals surface area contributed by atoms with Crippen molar-refractivity contribution in [2.24, 2.45) is 11.8 Å². The fourth-order valence-electron chi connectivity index (χ4n) is 3.23. The third-order valence-corrected chi connectivity index (χ3v) is 4.40. The molecule has 0 amide bonds. The molecule has 1 aliphatic carbocycles. The first-order chi connectivity index (χ1) is 9.08. The largest absolute Gasteiger partial charge is 0.370 e. The van der Waals surface area contributed by atoms with Gasteiger partial charge in [-0.2, -0.15) is 0 Å². The highest BCUT2D eigenvalue weighted by molar-refractivity contribution is 5.45. The third kappa shape index (κ3) is 3.71. The van der Waals surface area contributed by atoms with Crippen molar-refractivity contribution < 1.29 is 0 Å². The predicted molar refractivity (Wildman–Crippen MR) is 82.6 cm³/mol. The van der Waals surface area contributed by atoms with Gasteiger partial charge in [0.05, 0.1) is 11.9 Å². The average Bonchev–Trinajstić information content (AvgIpc) is 2.39. The first-order valence-electron chi connectivity index (χ1n) is 7.75. The Morgan fingerprint density at radius 3 is 2.58 bits per heavy atom. The van der Waals surface area contributed by atoms with E-state index in [1.807, 2.05) is 0 Å². The second-order valence-electron chi connectivity index (χ2n) is 6.55. The van der Waals surface area contributed by atoms with Crippen molar-refractivity contribution in [3.63, 3.8) is 0 Å². The van der Waals surface area contributed by atoms with Crippen LogP contribution in [0.3, 0.4) is 0 Å². The molecule has 2 nitrogen and oxygen atoms in total. The maximum atomic E-state index is 4.62. The van der Waals surface area contributed by atoms with Gasteiger partial charge in [-0.3, -0.25) is 4.98 Å². The molecule has 19 heavy (non-hydrogen) atoms. The van der Waals surface area contributed by atoms with E-state index in [4.69, 9.17) is 0 Å². The summed E-state index contributed by atoms with van der Waals surface area (Å²) in [6.07, 6.45) is 8.59. The number of hydrogen-bond acceptors (Lipinski definition) is 2. The molecule has 0 radical (unpaired) electrons. The van der Waals surface area contributed by atoms with Crippen LogP contribution in [0.4, 0.5) is 5.69 Å². The molecule has 2 heteroatoms. The molecule has 0 aromatic carbocycles. The molecule has 1 aromatic heterocycles. The molecule has 1 aromatic rings. The van der Waals surface area contributed by atoms with Crippen molar-refractivity contribution in [2.45, 2.75) is 58.9 Å². The Balaban J connectivity index is 2.04. The van der Waals surface area contributed by atoms with E-state index >= 15 is 0 Å². The van der Waals surface area contributed by atoms with Crippen molar-refractivity contribution in [3.8, 4) is 0 Å². The Labute approximate surface area is 118 Å². The zero-order chi connectivity index (χ0) is 13.8. The monoisotopic (exact) mass is 260 g/mol. The normalized spacial score (nSPS) is 23.6. The fourth-order valence-corrected chi connectivity index (χ4v) is 3.23. The fraction of sp³-hybridized carbons (Fsp3) is 0.706. The van der Waals surface area contributed by atoms with Gasteiger partial charge >= 0.3 is 0 Å². The third-order valence-electron chi connectivity index (χ3n) is 4.40. The van der Waals surface area contributed by atoms with Crippen LogP contribution in [0.25, 0.3) is 0 Å². The lowest BCUT2D eigenvalue weighted by Gasteiger charge is -2.37. The molecule has 2 atom stereocenters. The topological polar surface area (TPSA) is 16.1 Å². The summed E-state index contributed by atoms with van der Waals surface area (Å²) in [6.45, 7) is 6.87. The Kier molecular flexibility index (Phi) is 4.84. The predicted octanol–water partition coefficient (Wildman–Crippen LogP) is 4.30. The number of pyridine rings is 1. The van der Waals surface area contributed by atoms with Crippen LogP contribution in [0, 0.1) is 11.8 Å². The number of anilines is 1. The van der Waals surface area contributed by atoms with E-state index < -0.39 is 0 Å². The number of nitrogens with zero attached hydrogens (tertiary/aromatic N) is 2. The molecule has 1 heterocycles. The Hall–Kier alpha value is -1.05. The van der Waals surface area contributed by atoms with E-state index in [1.165, 1.54) is 37.1 Å². The highest BCUT2D eigenvalue weighted by atomic mass is 15.1. The maximum Gasteiger partial charge on any atom is 0.0552 e. The van der Waals surface area contributed by atoms with Crippen molar-refractivity contribution in [1.82, 2.24) is 4.98 Å². The number of aromatic nitrogens is 1. The second-order valence-corrected chi connectivity index (χ2v) is 6.55. The first kappa shape index (κ1) is 14.4. The van der Waals surface area contributed by atoms with E-state index in [0.717, 1.165) is 12.3 Å². The number of hydrogen-bond donors (Lipinski definition) is 0. The van der Waals surface area contributed by atoms with Gasteiger partial charge < -0.3 is 4.90 Å². The number of rotatable bonds is 4. The van der Waals surface area contributed by atoms with E-state index in [1.54, 1.807) is 0 Å². The second kappa shape index (κ2) is 6.40. The van der Waals surface area contributed by atoms with Gasteiger partial charge in [-0.25, -0.2) is 0 Å². The molecule has 0 bridgehead atoms. The van der Waals surface area contributed by atoms with Gasteiger partial charge in [-0.15, -0.1) is 0 Å². The molecule has 0 N–H and O–H groups in total. The van der Waals surface area contributed by atoms with Gasteiger partial charge in [-0.1, -0.05) is 33.6 Å². The molecular formula is C17H28N2. The van der Waals surface area contributed by atoms with Gasteiger partial charge in [0.2, 0.25) is 0 Å². The first-order valence-corrected chi connectivity index (χ1v) is 7.75. The lowest BCUT2D eigenvalue weighted by Crippen LogP contribution is -2.39.